The van der Waals surface area contributed by atoms with Gasteiger partial charge in [-0.25, -0.2) is 0 Å². The molecule has 2 unspecified atom stereocenters. The summed E-state index contributed by atoms with van der Waals surface area (Å²) in [6.45, 7) is 3.73. The van der Waals surface area contributed by atoms with Crippen molar-refractivity contribution in [3.63, 3.8) is 0 Å². The molecule has 1 fully saturated rings. The quantitative estimate of drug-likeness (QED) is 0.0197. The minimum Gasteiger partial charge on any atom is -0.462 e. The summed E-state index contributed by atoms with van der Waals surface area (Å²) in [7, 11) is -4.61. The van der Waals surface area contributed by atoms with Crippen molar-refractivity contribution in [2.24, 2.45) is 0 Å². The summed E-state index contributed by atoms with van der Waals surface area (Å²) in [4.78, 5) is 25.5. The normalized spacial score (nSPS) is 20.0. The molecule has 4 N–H and O–H groups in total. The third-order valence-electron chi connectivity index (χ3n) is 11.4. The van der Waals surface area contributed by atoms with E-state index in [4.69, 9.17) is 18.9 Å². The van der Waals surface area contributed by atoms with Crippen LogP contribution < -0.4 is 0 Å². The van der Waals surface area contributed by atoms with Crippen molar-refractivity contribution in [2.75, 3.05) is 19.0 Å². The van der Waals surface area contributed by atoms with Crippen LogP contribution in [0.3, 0.4) is 0 Å². The van der Waals surface area contributed by atoms with Crippen LogP contribution in [0.4, 0.5) is 0 Å². The molecule has 0 aromatic carbocycles. The number of unbranched alkanes of at least 4 members (excludes halogenated alkanes) is 22. The topological polar surface area (TPSA) is 186 Å². The van der Waals surface area contributed by atoms with Crippen molar-refractivity contribution in [1.82, 2.24) is 0 Å². The Hall–Kier alpha value is -2.39. The van der Waals surface area contributed by atoms with E-state index >= 15 is 0 Å². The molecule has 1 aliphatic heterocycles. The van der Waals surface area contributed by atoms with Crippen molar-refractivity contribution in [3.05, 3.63) is 48.6 Å². The van der Waals surface area contributed by atoms with E-state index in [1.54, 1.807) is 0 Å². The first kappa shape index (κ1) is 59.6. The second kappa shape index (κ2) is 40.8. The number of rotatable bonds is 42. The van der Waals surface area contributed by atoms with Gasteiger partial charge in [0.25, 0.3) is 10.1 Å². The number of carbonyl (C=O) groups excluding carboxylic acids is 2. The Morgan fingerprint density at radius 1 is 0.531 bits per heavy atom. The van der Waals surface area contributed by atoms with Crippen molar-refractivity contribution >= 4 is 22.1 Å². The van der Waals surface area contributed by atoms with Crippen LogP contribution in [0, 0.1) is 0 Å². The number of carbonyl (C=O) groups is 2. The second-order valence-electron chi connectivity index (χ2n) is 17.5. The number of aliphatic hydroxyl groups is 3. The number of allylic oxidation sites excluding steroid dienone is 8. The molecule has 0 aromatic heterocycles. The Balaban J connectivity index is 2.42. The lowest BCUT2D eigenvalue weighted by Crippen LogP contribution is -2.60. The molecule has 0 saturated carbocycles. The van der Waals surface area contributed by atoms with Gasteiger partial charge in [0.05, 0.1) is 6.61 Å². The van der Waals surface area contributed by atoms with E-state index in [2.05, 4.69) is 62.5 Å². The van der Waals surface area contributed by atoms with Crippen LogP contribution >= 0.6 is 0 Å². The van der Waals surface area contributed by atoms with Gasteiger partial charge in [-0.05, 0) is 57.8 Å². The fraction of sp³-hybridized carbons (Fsp3) is 0.804. The zero-order chi connectivity index (χ0) is 46.9. The minimum atomic E-state index is -4.61. The van der Waals surface area contributed by atoms with E-state index in [-0.39, 0.29) is 19.4 Å². The van der Waals surface area contributed by atoms with Crippen LogP contribution in [-0.4, -0.2) is 96.0 Å². The lowest BCUT2D eigenvalue weighted by atomic mass is 10.00. The van der Waals surface area contributed by atoms with Crippen LogP contribution in [0.1, 0.15) is 206 Å². The molecule has 12 nitrogen and oxygen atoms in total. The van der Waals surface area contributed by atoms with Crippen molar-refractivity contribution < 1.29 is 56.8 Å². The summed E-state index contributed by atoms with van der Waals surface area (Å²) in [5, 5.41) is 31.0. The van der Waals surface area contributed by atoms with Gasteiger partial charge in [0, 0.05) is 12.8 Å². The molecule has 372 valence electrons. The van der Waals surface area contributed by atoms with E-state index < -0.39 is 71.2 Å². The first-order valence-electron chi connectivity index (χ1n) is 25.2. The van der Waals surface area contributed by atoms with Gasteiger partial charge in [-0.1, -0.05) is 184 Å². The molecular weight excluding hydrogens is 837 g/mol. The van der Waals surface area contributed by atoms with Crippen molar-refractivity contribution in [1.29, 1.82) is 0 Å². The summed E-state index contributed by atoms with van der Waals surface area (Å²) in [5.41, 5.74) is 0. The third-order valence-corrected chi connectivity index (χ3v) is 12.2. The highest BCUT2D eigenvalue weighted by atomic mass is 32.2. The number of esters is 2. The van der Waals surface area contributed by atoms with Gasteiger partial charge in [0.1, 0.15) is 36.8 Å². The molecule has 0 aliphatic carbocycles. The van der Waals surface area contributed by atoms with Crippen LogP contribution in [0.25, 0.3) is 0 Å². The lowest BCUT2D eigenvalue weighted by molar-refractivity contribution is -0.297. The molecule has 64 heavy (non-hydrogen) atoms. The predicted octanol–water partition coefficient (Wildman–Crippen LogP) is 11.1. The zero-order valence-corrected chi connectivity index (χ0v) is 40.7. The third kappa shape index (κ3) is 34.9. The zero-order valence-electron chi connectivity index (χ0n) is 39.9. The van der Waals surface area contributed by atoms with E-state index in [0.29, 0.717) is 12.8 Å². The smallest absolute Gasteiger partial charge is 0.306 e. The Bertz CT molecular complexity index is 1360. The molecule has 0 spiro atoms. The molecule has 1 aliphatic rings. The summed E-state index contributed by atoms with van der Waals surface area (Å²) < 4.78 is 54.2. The molecule has 1 rings (SSSR count). The van der Waals surface area contributed by atoms with Gasteiger partial charge in [-0.15, -0.1) is 0 Å². The maximum absolute atomic E-state index is 12.9. The van der Waals surface area contributed by atoms with Crippen LogP contribution in [-0.2, 0) is 38.7 Å². The van der Waals surface area contributed by atoms with E-state index in [1.165, 1.54) is 109 Å². The van der Waals surface area contributed by atoms with Gasteiger partial charge in [0.15, 0.2) is 12.4 Å². The van der Waals surface area contributed by atoms with Gasteiger partial charge in [-0.3, -0.25) is 14.1 Å². The summed E-state index contributed by atoms with van der Waals surface area (Å²) >= 11 is 0. The van der Waals surface area contributed by atoms with E-state index in [1.807, 2.05) is 0 Å². The van der Waals surface area contributed by atoms with Crippen molar-refractivity contribution in [2.45, 2.75) is 243 Å². The SMILES string of the molecule is CCCCC/C=C/C/C=C/C/C=C/C/C=C/CCCCCC(=O)OC[C@H](CO[C@H]1O[C@H](CS(=O)(=O)O)[C@@H](O)C(O)C1O)OC(=O)CCCCCCCCCCCCCCCCCCC. The number of ether oxygens (including phenoxy) is 4. The highest BCUT2D eigenvalue weighted by Crippen LogP contribution is 2.24. The summed E-state index contributed by atoms with van der Waals surface area (Å²) in [5.74, 6) is -2.02. The Morgan fingerprint density at radius 3 is 1.42 bits per heavy atom. The average molecular weight is 927 g/mol. The Kier molecular flexibility index (Phi) is 38.1. The van der Waals surface area contributed by atoms with E-state index in [0.717, 1.165) is 57.8 Å². The van der Waals surface area contributed by atoms with E-state index in [9.17, 15) is 37.9 Å². The molecule has 1 heterocycles. The standard InChI is InChI=1S/C51H90O12S/c1-3-5-7-9-11-13-15-17-19-21-22-24-25-27-29-31-33-35-37-39-46(52)60-41-44(42-61-51-50(56)49(55)48(54)45(63-51)43-64(57,58)59)62-47(53)40-38-36-34-32-30-28-26-23-20-18-16-14-12-10-8-6-4-2/h11,13,17,19,22,24,27,29,44-45,48-51,54-56H,3-10,12,14-16,18,20-21,23,25-26,28,30-43H2,1-2H3,(H,57,58,59)/b13-11+,19-17+,24-22+,29-27+/t44-,45-,48-,49?,50?,51+/m1/s1. The minimum absolute atomic E-state index is 0.159. The predicted molar refractivity (Wildman–Crippen MR) is 256 cm³/mol. The first-order valence-corrected chi connectivity index (χ1v) is 26.8. The summed E-state index contributed by atoms with van der Waals surface area (Å²) in [6, 6.07) is 0. The number of aliphatic hydroxyl groups excluding tert-OH is 3. The number of hydrogen-bond acceptors (Lipinski definition) is 11. The van der Waals surface area contributed by atoms with Gasteiger partial charge in [-0.2, -0.15) is 8.42 Å². The van der Waals surface area contributed by atoms with Crippen molar-refractivity contribution in [3.8, 4) is 0 Å². The average Bonchev–Trinajstić information content (AvgIpc) is 3.26. The highest BCUT2D eigenvalue weighted by molar-refractivity contribution is 7.85. The molecule has 13 heteroatoms. The Morgan fingerprint density at radius 2 is 0.938 bits per heavy atom. The molecule has 0 aromatic rings. The van der Waals surface area contributed by atoms with Gasteiger partial charge < -0.3 is 34.3 Å². The fourth-order valence-corrected chi connectivity index (χ4v) is 8.18. The van der Waals surface area contributed by atoms with Gasteiger partial charge >= 0.3 is 11.9 Å². The molecule has 6 atom stereocenters. The monoisotopic (exact) mass is 927 g/mol. The summed E-state index contributed by atoms with van der Waals surface area (Å²) in [6.07, 6.45) is 40.0. The maximum Gasteiger partial charge on any atom is 0.306 e. The van der Waals surface area contributed by atoms with Crippen LogP contribution in [0.2, 0.25) is 0 Å². The molecule has 1 saturated heterocycles. The number of hydrogen-bond donors (Lipinski definition) is 4. The molecular formula is C51H90O12S. The molecule has 0 bridgehead atoms. The maximum atomic E-state index is 12.9. The highest BCUT2D eigenvalue weighted by Gasteiger charge is 2.46. The van der Waals surface area contributed by atoms with Crippen LogP contribution in [0.15, 0.2) is 48.6 Å². The molecule has 0 amide bonds. The Labute approximate surface area is 388 Å². The lowest BCUT2D eigenvalue weighted by Gasteiger charge is -2.40. The largest absolute Gasteiger partial charge is 0.462 e. The van der Waals surface area contributed by atoms with Crippen LogP contribution in [0.5, 0.6) is 0 Å². The molecule has 0 radical (unpaired) electrons. The first-order chi connectivity index (χ1) is 31.0. The fourth-order valence-electron chi connectivity index (χ4n) is 7.48. The second-order valence-corrected chi connectivity index (χ2v) is 19.0. The van der Waals surface area contributed by atoms with Gasteiger partial charge in [0.2, 0.25) is 0 Å².